The minimum absolute atomic E-state index is 0.00484. The highest BCUT2D eigenvalue weighted by Crippen LogP contribution is 2.40. The van der Waals surface area contributed by atoms with Crippen molar-refractivity contribution in [2.24, 2.45) is 0 Å². The molecule has 0 saturated carbocycles. The second-order valence-electron chi connectivity index (χ2n) is 8.23. The van der Waals surface area contributed by atoms with E-state index in [0.29, 0.717) is 47.0 Å². The van der Waals surface area contributed by atoms with Gasteiger partial charge in [0.1, 0.15) is 0 Å². The molecule has 0 spiro atoms. The summed E-state index contributed by atoms with van der Waals surface area (Å²) in [6.07, 6.45) is 9.67. The molecular weight excluding hydrogens is 531 g/mol. The monoisotopic (exact) mass is 559 g/mol. The van der Waals surface area contributed by atoms with Crippen molar-refractivity contribution in [3.05, 3.63) is 108 Å². The maximum absolute atomic E-state index is 13.3. The Morgan fingerprint density at radius 3 is 1.57 bits per heavy atom. The van der Waals surface area contributed by atoms with Crippen molar-refractivity contribution in [1.29, 1.82) is 0 Å². The summed E-state index contributed by atoms with van der Waals surface area (Å²) in [5.41, 5.74) is 2.40. The van der Waals surface area contributed by atoms with Crippen molar-refractivity contribution >= 4 is 31.9 Å². The van der Waals surface area contributed by atoms with Gasteiger partial charge in [0.25, 0.3) is 0 Å². The average molecular weight is 560 g/mol. The molecule has 204 valence electrons. The van der Waals surface area contributed by atoms with Crippen LogP contribution in [0, 0.1) is 0 Å². The number of hydrogen-bond acceptors (Lipinski definition) is 9. The van der Waals surface area contributed by atoms with Crippen LogP contribution >= 0.6 is 8.25 Å². The fraction of sp³-hybridized carbons (Fsp3) is 0.133. The summed E-state index contributed by atoms with van der Waals surface area (Å²) in [6, 6.07) is 16.6. The second-order valence-corrected chi connectivity index (χ2v) is 9.04. The average Bonchev–Trinajstić information content (AvgIpc) is 2.97. The van der Waals surface area contributed by atoms with Crippen LogP contribution in [0.1, 0.15) is 36.1 Å². The number of ether oxygens (including phenoxy) is 2. The first-order valence-corrected chi connectivity index (χ1v) is 13.6. The maximum atomic E-state index is 13.3. The summed E-state index contributed by atoms with van der Waals surface area (Å²) in [5, 5.41) is 20.1. The van der Waals surface area contributed by atoms with Crippen LogP contribution in [0.4, 0.5) is 0 Å². The van der Waals surface area contributed by atoms with E-state index in [1.54, 1.807) is 85.5 Å². The number of rotatable bonds is 12. The van der Waals surface area contributed by atoms with Crippen molar-refractivity contribution in [2.75, 3.05) is 13.2 Å². The van der Waals surface area contributed by atoms with Gasteiger partial charge in [-0.3, -0.25) is 9.97 Å². The Bertz CT molecular complexity index is 1400. The quantitative estimate of drug-likeness (QED) is 0.139. The van der Waals surface area contributed by atoms with E-state index < -0.39 is 8.25 Å². The molecule has 4 rings (SSSR count). The minimum atomic E-state index is -2.74. The number of phenols is 2. The molecule has 10 heteroatoms. The Morgan fingerprint density at radius 2 is 1.20 bits per heavy atom. The van der Waals surface area contributed by atoms with E-state index in [1.807, 2.05) is 13.8 Å². The van der Waals surface area contributed by atoms with Gasteiger partial charge in [-0.15, -0.1) is 0 Å². The van der Waals surface area contributed by atoms with E-state index in [9.17, 15) is 14.8 Å². The zero-order valence-corrected chi connectivity index (χ0v) is 22.8. The molecule has 9 nitrogen and oxygen atoms in total. The third-order valence-corrected chi connectivity index (χ3v) is 6.09. The Balaban J connectivity index is 1.66. The molecule has 0 aliphatic rings. The number of pyridine rings is 2. The Hall–Kier alpha value is -4.88. The van der Waals surface area contributed by atoms with Crippen LogP contribution in [0.5, 0.6) is 23.0 Å². The van der Waals surface area contributed by atoms with Crippen LogP contribution < -0.4 is 9.47 Å². The number of benzene rings is 2. The fourth-order valence-electron chi connectivity index (χ4n) is 3.61. The van der Waals surface area contributed by atoms with Crippen molar-refractivity contribution < 1.29 is 33.3 Å². The molecule has 2 N–H and O–H groups in total. The van der Waals surface area contributed by atoms with Crippen LogP contribution in [-0.4, -0.2) is 33.4 Å². The fourth-order valence-corrected chi connectivity index (χ4v) is 4.28. The second kappa shape index (κ2) is 13.8. The first kappa shape index (κ1) is 28.1. The predicted molar refractivity (Wildman–Crippen MR) is 153 cm³/mol. The van der Waals surface area contributed by atoms with E-state index in [2.05, 4.69) is 9.97 Å². The van der Waals surface area contributed by atoms with E-state index in [1.165, 1.54) is 12.1 Å². The maximum Gasteiger partial charge on any atom is 0.805 e. The molecule has 0 amide bonds. The van der Waals surface area contributed by atoms with Crippen LogP contribution in [-0.2, 0) is 13.6 Å². The van der Waals surface area contributed by atoms with Crippen molar-refractivity contribution in [1.82, 2.24) is 9.97 Å². The van der Waals surface area contributed by atoms with Crippen molar-refractivity contribution in [3.8, 4) is 23.0 Å². The highest BCUT2D eigenvalue weighted by molar-refractivity contribution is 7.34. The van der Waals surface area contributed by atoms with Gasteiger partial charge in [-0.05, 0) is 85.7 Å². The largest absolute Gasteiger partial charge is 0.805 e. The molecule has 0 aliphatic heterocycles. The highest BCUT2D eigenvalue weighted by Gasteiger charge is 2.29. The standard InChI is InChI=1S/C30H27N2O7P/c1-3-36-29-17-21(9-11-25(29)33)15-27(23-7-5-13-31-19-23)38-40(35)39-28(24-8-6-14-32-20-24)16-22-10-12-26(34)30(18-22)37-4-2/h5-20H,3-4H2,1-2H3,(H-,33,34)/p+1. The molecule has 0 fully saturated rings. The van der Waals surface area contributed by atoms with E-state index in [4.69, 9.17) is 18.5 Å². The zero-order valence-electron chi connectivity index (χ0n) is 21.9. The lowest BCUT2D eigenvalue weighted by Gasteiger charge is -2.08. The van der Waals surface area contributed by atoms with Crippen LogP contribution in [0.3, 0.4) is 0 Å². The first-order valence-electron chi connectivity index (χ1n) is 12.5. The number of aromatic hydroxyl groups is 2. The molecule has 2 aromatic heterocycles. The van der Waals surface area contributed by atoms with E-state index >= 15 is 0 Å². The molecule has 4 aromatic rings. The Morgan fingerprint density at radius 1 is 0.750 bits per heavy atom. The summed E-state index contributed by atoms with van der Waals surface area (Å²) in [7, 11) is -2.74. The molecule has 40 heavy (non-hydrogen) atoms. The molecule has 0 radical (unpaired) electrons. The summed E-state index contributed by atoms with van der Waals surface area (Å²) in [4.78, 5) is 8.27. The number of nitrogens with zero attached hydrogens (tertiary/aromatic N) is 2. The number of phenolic OH excluding ortho intramolecular Hbond substituents is 2. The lowest BCUT2D eigenvalue weighted by Crippen LogP contribution is -1.94. The first-order chi connectivity index (χ1) is 19.5. The normalized spacial score (nSPS) is 12.0. The van der Waals surface area contributed by atoms with Crippen LogP contribution in [0.25, 0.3) is 23.7 Å². The smallest absolute Gasteiger partial charge is 0.504 e. The number of hydrogen-bond donors (Lipinski definition) is 2. The minimum Gasteiger partial charge on any atom is -0.504 e. The molecule has 2 heterocycles. The van der Waals surface area contributed by atoms with E-state index in [-0.39, 0.29) is 23.0 Å². The van der Waals surface area contributed by atoms with Crippen molar-refractivity contribution in [3.63, 3.8) is 0 Å². The van der Waals surface area contributed by atoms with Gasteiger partial charge in [-0.25, -0.2) is 9.05 Å². The molecule has 0 saturated heterocycles. The van der Waals surface area contributed by atoms with E-state index in [0.717, 1.165) is 0 Å². The van der Waals surface area contributed by atoms with Gasteiger partial charge in [0.05, 0.1) is 13.2 Å². The highest BCUT2D eigenvalue weighted by atomic mass is 31.1. The lowest BCUT2D eigenvalue weighted by atomic mass is 10.1. The predicted octanol–water partition coefficient (Wildman–Crippen LogP) is 7.07. The molecule has 0 aliphatic carbocycles. The Kier molecular flexibility index (Phi) is 9.69. The lowest BCUT2D eigenvalue weighted by molar-refractivity contribution is 0.318. The van der Waals surface area contributed by atoms with Crippen LogP contribution in [0.15, 0.2) is 85.5 Å². The molecule has 2 aromatic carbocycles. The van der Waals surface area contributed by atoms with Gasteiger partial charge in [0.15, 0.2) is 34.5 Å². The summed E-state index contributed by atoms with van der Waals surface area (Å²) in [5.74, 6) is 1.09. The number of aromatic nitrogens is 2. The summed E-state index contributed by atoms with van der Waals surface area (Å²) < 4.78 is 35.9. The van der Waals surface area contributed by atoms with Crippen LogP contribution in [0.2, 0.25) is 0 Å². The molecule has 0 bridgehead atoms. The van der Waals surface area contributed by atoms with Gasteiger partial charge in [0.2, 0.25) is 0 Å². The zero-order chi connectivity index (χ0) is 28.3. The van der Waals surface area contributed by atoms with Crippen molar-refractivity contribution in [2.45, 2.75) is 13.8 Å². The van der Waals surface area contributed by atoms with Gasteiger partial charge in [-0.2, -0.15) is 0 Å². The SMILES string of the molecule is CCOc1cc(C=C(O[P+](=O)OC(=Cc2ccc(O)c(OCC)c2)c2cccnc2)c2cccnc2)ccc1O. The van der Waals surface area contributed by atoms with Gasteiger partial charge in [0, 0.05) is 40.5 Å². The molecule has 0 unspecified atom stereocenters. The molecular formula is C30H28N2O7P+. The van der Waals surface area contributed by atoms with Gasteiger partial charge < -0.3 is 19.7 Å². The summed E-state index contributed by atoms with van der Waals surface area (Å²) >= 11 is 0. The topological polar surface area (TPSA) is 120 Å². The summed E-state index contributed by atoms with van der Waals surface area (Å²) in [6.45, 7) is 4.39. The molecule has 0 atom stereocenters. The third kappa shape index (κ3) is 7.58. The third-order valence-electron chi connectivity index (χ3n) is 5.40. The van der Waals surface area contributed by atoms with Gasteiger partial charge in [-0.1, -0.05) is 12.1 Å². The Labute approximate surface area is 233 Å². The van der Waals surface area contributed by atoms with Gasteiger partial charge >= 0.3 is 8.25 Å².